The van der Waals surface area contributed by atoms with Crippen LogP contribution in [0.4, 0.5) is 5.69 Å². The first kappa shape index (κ1) is 15.3. The van der Waals surface area contributed by atoms with Gasteiger partial charge in [-0.05, 0) is 54.5 Å². The number of anilines is 1. The van der Waals surface area contributed by atoms with E-state index in [1.54, 1.807) is 11.8 Å². The van der Waals surface area contributed by atoms with Crippen molar-refractivity contribution in [3.8, 4) is 0 Å². The van der Waals surface area contributed by atoms with Gasteiger partial charge < -0.3 is 5.32 Å². The molecule has 2 nitrogen and oxygen atoms in total. The average Bonchev–Trinajstić information content (AvgIpc) is 3.03. The molecule has 0 unspecified atom stereocenters. The number of benzene rings is 3. The van der Waals surface area contributed by atoms with E-state index in [-0.39, 0.29) is 11.2 Å². The summed E-state index contributed by atoms with van der Waals surface area (Å²) in [7, 11) is 0. The first-order chi connectivity index (χ1) is 11.7. The van der Waals surface area contributed by atoms with Gasteiger partial charge in [0.05, 0.1) is 5.25 Å². The van der Waals surface area contributed by atoms with Gasteiger partial charge in [-0.2, -0.15) is 0 Å². The Balaban J connectivity index is 1.57. The number of carbonyl (C=O) groups is 1. The Kier molecular flexibility index (Phi) is 4.03. The minimum Gasteiger partial charge on any atom is -0.325 e. The van der Waals surface area contributed by atoms with Crippen LogP contribution in [0.5, 0.6) is 0 Å². The smallest absolute Gasteiger partial charge is 0.237 e. The second-order valence-corrected chi connectivity index (χ2v) is 7.59. The molecular weight excluding hydrogens is 314 g/mol. The fraction of sp³-hybridized carbons (Fsp3) is 0.190. The highest BCUT2D eigenvalue weighted by molar-refractivity contribution is 8.00. The number of carbonyl (C=O) groups excluding carboxylic acids is 1. The predicted molar refractivity (Wildman–Crippen MR) is 102 cm³/mol. The highest BCUT2D eigenvalue weighted by Crippen LogP contribution is 2.35. The van der Waals surface area contributed by atoms with Gasteiger partial charge in [-0.1, -0.05) is 42.5 Å². The van der Waals surface area contributed by atoms with E-state index in [1.807, 2.05) is 43.3 Å². The Labute approximate surface area is 146 Å². The van der Waals surface area contributed by atoms with Gasteiger partial charge in [0.25, 0.3) is 0 Å². The van der Waals surface area contributed by atoms with E-state index >= 15 is 0 Å². The van der Waals surface area contributed by atoms with Crippen molar-refractivity contribution in [2.75, 3.05) is 5.32 Å². The molecule has 0 bridgehead atoms. The van der Waals surface area contributed by atoms with Crippen LogP contribution in [0.3, 0.4) is 0 Å². The van der Waals surface area contributed by atoms with Crippen LogP contribution in [0.2, 0.25) is 0 Å². The normalized spacial score (nSPS) is 13.9. The van der Waals surface area contributed by atoms with Crippen molar-refractivity contribution < 1.29 is 4.79 Å². The van der Waals surface area contributed by atoms with Gasteiger partial charge in [-0.3, -0.25) is 4.79 Å². The van der Waals surface area contributed by atoms with Gasteiger partial charge >= 0.3 is 0 Å². The second kappa shape index (κ2) is 6.33. The quantitative estimate of drug-likeness (QED) is 0.676. The Morgan fingerprint density at radius 3 is 2.50 bits per heavy atom. The minimum atomic E-state index is -0.143. The summed E-state index contributed by atoms with van der Waals surface area (Å²) in [4.78, 5) is 13.7. The standard InChI is InChI=1S/C21H19NOS/c1-14(24-17-7-3-2-4-8-17)21(23)22-19-13-12-16-11-10-15-6-5-9-18(19)20(15)16/h2-9,12-14H,10-11H2,1H3,(H,22,23)/t14-/m0/s1. The number of aryl methyl sites for hydroxylation is 2. The number of rotatable bonds is 4. The Morgan fingerprint density at radius 2 is 1.71 bits per heavy atom. The van der Waals surface area contributed by atoms with Crippen LogP contribution < -0.4 is 5.32 Å². The summed E-state index contributed by atoms with van der Waals surface area (Å²) in [5.74, 6) is 0.0440. The predicted octanol–water partition coefficient (Wildman–Crippen LogP) is 5.06. The van der Waals surface area contributed by atoms with E-state index in [0.29, 0.717) is 0 Å². The minimum absolute atomic E-state index is 0.0440. The van der Waals surface area contributed by atoms with Crippen molar-refractivity contribution in [1.82, 2.24) is 0 Å². The molecule has 120 valence electrons. The van der Waals surface area contributed by atoms with Crippen LogP contribution in [-0.2, 0) is 17.6 Å². The summed E-state index contributed by atoms with van der Waals surface area (Å²) in [6.07, 6.45) is 2.20. The molecule has 24 heavy (non-hydrogen) atoms. The van der Waals surface area contributed by atoms with Crippen LogP contribution >= 0.6 is 11.8 Å². The van der Waals surface area contributed by atoms with Crippen molar-refractivity contribution in [2.24, 2.45) is 0 Å². The molecule has 0 saturated carbocycles. The summed E-state index contributed by atoms with van der Waals surface area (Å²) < 4.78 is 0. The van der Waals surface area contributed by atoms with E-state index in [1.165, 1.54) is 16.5 Å². The molecule has 1 amide bonds. The van der Waals surface area contributed by atoms with Crippen LogP contribution in [0, 0.1) is 0 Å². The molecule has 1 aliphatic rings. The molecule has 1 aliphatic carbocycles. The number of nitrogens with one attached hydrogen (secondary N) is 1. The maximum atomic E-state index is 12.6. The van der Waals surface area contributed by atoms with Crippen molar-refractivity contribution >= 4 is 34.1 Å². The lowest BCUT2D eigenvalue weighted by Crippen LogP contribution is -2.22. The maximum Gasteiger partial charge on any atom is 0.237 e. The van der Waals surface area contributed by atoms with Crippen LogP contribution in [0.15, 0.2) is 65.6 Å². The maximum absolute atomic E-state index is 12.6. The summed E-state index contributed by atoms with van der Waals surface area (Å²) >= 11 is 1.58. The fourth-order valence-corrected chi connectivity index (χ4v) is 4.24. The van der Waals surface area contributed by atoms with Crippen LogP contribution in [-0.4, -0.2) is 11.2 Å². The largest absolute Gasteiger partial charge is 0.325 e. The molecule has 0 aromatic heterocycles. The van der Waals surface area contributed by atoms with E-state index in [4.69, 9.17) is 0 Å². The van der Waals surface area contributed by atoms with Gasteiger partial charge in [-0.15, -0.1) is 11.8 Å². The molecule has 0 spiro atoms. The Morgan fingerprint density at radius 1 is 0.958 bits per heavy atom. The monoisotopic (exact) mass is 333 g/mol. The molecule has 4 rings (SSSR count). The van der Waals surface area contributed by atoms with Gasteiger partial charge in [0.1, 0.15) is 0 Å². The molecule has 0 saturated heterocycles. The molecule has 3 aromatic rings. The van der Waals surface area contributed by atoms with Crippen molar-refractivity contribution in [3.63, 3.8) is 0 Å². The van der Waals surface area contributed by atoms with Gasteiger partial charge in [-0.25, -0.2) is 0 Å². The highest BCUT2D eigenvalue weighted by atomic mass is 32.2. The van der Waals surface area contributed by atoms with Crippen molar-refractivity contribution in [3.05, 3.63) is 71.8 Å². The number of amides is 1. The van der Waals surface area contributed by atoms with E-state index in [2.05, 4.69) is 29.6 Å². The summed E-state index contributed by atoms with van der Waals surface area (Å²) in [5.41, 5.74) is 3.71. The lowest BCUT2D eigenvalue weighted by atomic mass is 10.0. The van der Waals surface area contributed by atoms with Crippen LogP contribution in [0.25, 0.3) is 10.8 Å². The number of thioether (sulfide) groups is 1. The Hall–Kier alpha value is -2.26. The highest BCUT2D eigenvalue weighted by Gasteiger charge is 2.19. The van der Waals surface area contributed by atoms with E-state index in [0.717, 1.165) is 28.8 Å². The molecular formula is C21H19NOS. The van der Waals surface area contributed by atoms with Crippen LogP contribution in [0.1, 0.15) is 18.1 Å². The number of hydrogen-bond acceptors (Lipinski definition) is 2. The molecule has 1 atom stereocenters. The number of hydrogen-bond donors (Lipinski definition) is 1. The molecule has 0 heterocycles. The third kappa shape index (κ3) is 2.80. The zero-order valence-corrected chi connectivity index (χ0v) is 14.4. The lowest BCUT2D eigenvalue weighted by Gasteiger charge is -2.14. The third-order valence-electron chi connectivity index (χ3n) is 4.56. The lowest BCUT2D eigenvalue weighted by molar-refractivity contribution is -0.115. The first-order valence-electron chi connectivity index (χ1n) is 8.28. The Bertz CT molecular complexity index is 894. The van der Waals surface area contributed by atoms with Gasteiger partial charge in [0, 0.05) is 16.0 Å². The SMILES string of the molecule is C[C@H](Sc1ccccc1)C(=O)Nc1ccc2c3c(cccc13)CC2. The summed E-state index contributed by atoms with van der Waals surface area (Å²) in [6, 6.07) is 20.6. The summed E-state index contributed by atoms with van der Waals surface area (Å²) in [5, 5.41) is 5.48. The van der Waals surface area contributed by atoms with Crippen molar-refractivity contribution in [1.29, 1.82) is 0 Å². The van der Waals surface area contributed by atoms with Gasteiger partial charge in [0.15, 0.2) is 0 Å². The molecule has 3 heteroatoms. The average molecular weight is 333 g/mol. The topological polar surface area (TPSA) is 29.1 Å². The second-order valence-electron chi connectivity index (χ2n) is 6.17. The zero-order chi connectivity index (χ0) is 16.5. The summed E-state index contributed by atoms with van der Waals surface area (Å²) in [6.45, 7) is 1.95. The first-order valence-corrected chi connectivity index (χ1v) is 9.16. The van der Waals surface area contributed by atoms with E-state index < -0.39 is 0 Å². The fourth-order valence-electron chi connectivity index (χ4n) is 3.35. The third-order valence-corrected chi connectivity index (χ3v) is 5.67. The molecule has 1 N–H and O–H groups in total. The molecule has 0 radical (unpaired) electrons. The zero-order valence-electron chi connectivity index (χ0n) is 13.6. The molecule has 3 aromatic carbocycles. The van der Waals surface area contributed by atoms with Crippen molar-refractivity contribution in [2.45, 2.75) is 29.9 Å². The molecule has 0 fully saturated rings. The molecule has 0 aliphatic heterocycles. The van der Waals surface area contributed by atoms with Gasteiger partial charge in [0.2, 0.25) is 5.91 Å². The van der Waals surface area contributed by atoms with E-state index in [9.17, 15) is 4.79 Å².